The van der Waals surface area contributed by atoms with Crippen molar-refractivity contribution in [3.05, 3.63) is 62.2 Å². The minimum Gasteiger partial charge on any atom is -0.296 e. The van der Waals surface area contributed by atoms with Crippen LogP contribution < -0.4 is 5.32 Å². The van der Waals surface area contributed by atoms with E-state index in [4.69, 9.17) is 34.8 Å². The molecule has 3 aromatic rings. The fraction of sp³-hybridized carbons (Fsp3) is 0.0625. The molecule has 0 aliphatic rings. The Balaban J connectivity index is 1.81. The highest BCUT2D eigenvalue weighted by Crippen LogP contribution is 2.32. The van der Waals surface area contributed by atoms with Gasteiger partial charge in [0.2, 0.25) is 0 Å². The van der Waals surface area contributed by atoms with Crippen LogP contribution in [0.1, 0.15) is 16.1 Å². The van der Waals surface area contributed by atoms with Crippen molar-refractivity contribution in [3.63, 3.8) is 0 Å². The van der Waals surface area contributed by atoms with Gasteiger partial charge in [0.15, 0.2) is 5.13 Å². The van der Waals surface area contributed by atoms with Crippen molar-refractivity contribution in [2.24, 2.45) is 0 Å². The van der Waals surface area contributed by atoms with E-state index >= 15 is 0 Å². The van der Waals surface area contributed by atoms with Crippen LogP contribution in [0.5, 0.6) is 0 Å². The van der Waals surface area contributed by atoms with Gasteiger partial charge in [-0.2, -0.15) is 0 Å². The Morgan fingerprint density at radius 1 is 1.12 bits per heavy atom. The largest absolute Gasteiger partial charge is 0.296 e. The quantitative estimate of drug-likeness (QED) is 0.613. The van der Waals surface area contributed by atoms with Crippen molar-refractivity contribution in [2.75, 3.05) is 5.32 Å². The number of thiazole rings is 1. The lowest BCUT2D eigenvalue weighted by Crippen LogP contribution is -2.14. The van der Waals surface area contributed by atoms with E-state index in [1.165, 1.54) is 23.1 Å². The zero-order valence-electron chi connectivity index (χ0n) is 12.3. The highest BCUT2D eigenvalue weighted by molar-refractivity contribution is 7.14. The van der Waals surface area contributed by atoms with Crippen molar-refractivity contribution in [2.45, 2.75) is 6.92 Å². The Labute approximate surface area is 157 Å². The molecule has 24 heavy (non-hydrogen) atoms. The van der Waals surface area contributed by atoms with Crippen LogP contribution in [0.15, 0.2) is 35.8 Å². The molecule has 8 heteroatoms. The zero-order valence-corrected chi connectivity index (χ0v) is 15.4. The zero-order chi connectivity index (χ0) is 17.3. The molecule has 0 aliphatic heterocycles. The number of carbonyl (C=O) groups excluding carboxylic acids is 1. The molecule has 1 aromatic carbocycles. The van der Waals surface area contributed by atoms with Crippen molar-refractivity contribution >= 4 is 57.2 Å². The van der Waals surface area contributed by atoms with Crippen LogP contribution in [0, 0.1) is 6.92 Å². The first-order valence-corrected chi connectivity index (χ1v) is 8.80. The molecule has 0 aliphatic carbocycles. The van der Waals surface area contributed by atoms with E-state index in [2.05, 4.69) is 15.3 Å². The first-order valence-electron chi connectivity index (χ1n) is 6.79. The summed E-state index contributed by atoms with van der Waals surface area (Å²) in [5, 5.41) is 5.27. The number of nitrogens with one attached hydrogen (secondary N) is 1. The van der Waals surface area contributed by atoms with E-state index in [0.29, 0.717) is 5.13 Å². The standard InChI is InChI=1S/C16H10Cl3N3OS/c1-8-2-4-9(5-3-8)11-7-24-16(21-11)22-15(23)14-13(19)12(18)10(17)6-20-14/h2-7H,1H3,(H,21,22,23). The van der Waals surface area contributed by atoms with Gasteiger partial charge in [-0.05, 0) is 6.92 Å². The number of pyridine rings is 1. The molecule has 0 atom stereocenters. The monoisotopic (exact) mass is 397 g/mol. The Bertz CT molecular complexity index is 909. The van der Waals surface area contributed by atoms with E-state index in [-0.39, 0.29) is 20.8 Å². The predicted octanol–water partition coefficient (Wildman–Crippen LogP) is 5.73. The molecular formula is C16H10Cl3N3OS. The summed E-state index contributed by atoms with van der Waals surface area (Å²) in [6.45, 7) is 2.02. The molecule has 0 unspecified atom stereocenters. The third-order valence-electron chi connectivity index (χ3n) is 3.20. The highest BCUT2D eigenvalue weighted by Gasteiger charge is 2.18. The van der Waals surface area contributed by atoms with Crippen LogP contribution in [0.25, 0.3) is 11.3 Å². The number of rotatable bonds is 3. The van der Waals surface area contributed by atoms with Gasteiger partial charge in [-0.3, -0.25) is 10.1 Å². The van der Waals surface area contributed by atoms with Gasteiger partial charge in [-0.15, -0.1) is 11.3 Å². The fourth-order valence-corrected chi connectivity index (χ4v) is 3.23. The molecule has 4 nitrogen and oxygen atoms in total. The molecule has 1 amide bonds. The molecule has 2 aromatic heterocycles. The van der Waals surface area contributed by atoms with Crippen LogP contribution in [-0.4, -0.2) is 15.9 Å². The van der Waals surface area contributed by atoms with E-state index < -0.39 is 5.91 Å². The van der Waals surface area contributed by atoms with Crippen LogP contribution in [-0.2, 0) is 0 Å². The topological polar surface area (TPSA) is 54.9 Å². The minimum absolute atomic E-state index is 0.00171. The summed E-state index contributed by atoms with van der Waals surface area (Å²) in [4.78, 5) is 20.6. The van der Waals surface area contributed by atoms with Crippen LogP contribution in [0.4, 0.5) is 5.13 Å². The van der Waals surface area contributed by atoms with Crippen molar-refractivity contribution < 1.29 is 4.79 Å². The maximum Gasteiger partial charge on any atom is 0.277 e. The van der Waals surface area contributed by atoms with Crippen molar-refractivity contribution in [1.82, 2.24) is 9.97 Å². The molecule has 0 saturated carbocycles. The maximum absolute atomic E-state index is 12.3. The summed E-state index contributed by atoms with van der Waals surface area (Å²) in [6, 6.07) is 7.97. The molecule has 1 N–H and O–H groups in total. The second kappa shape index (κ2) is 7.07. The highest BCUT2D eigenvalue weighted by atomic mass is 35.5. The summed E-state index contributed by atoms with van der Waals surface area (Å²) in [7, 11) is 0. The van der Waals surface area contributed by atoms with Crippen LogP contribution >= 0.6 is 46.1 Å². The Kier molecular flexibility index (Phi) is 5.06. The van der Waals surface area contributed by atoms with Crippen molar-refractivity contribution in [1.29, 1.82) is 0 Å². The van der Waals surface area contributed by atoms with Crippen LogP contribution in [0.3, 0.4) is 0 Å². The molecule has 2 heterocycles. The molecule has 0 spiro atoms. The average molecular weight is 399 g/mol. The summed E-state index contributed by atoms with van der Waals surface area (Å²) in [5.74, 6) is -0.497. The van der Waals surface area contributed by atoms with Gasteiger partial charge in [-0.25, -0.2) is 9.97 Å². The number of benzene rings is 1. The summed E-state index contributed by atoms with van der Waals surface area (Å²) < 4.78 is 0. The first kappa shape index (κ1) is 17.2. The van der Waals surface area contributed by atoms with E-state index in [1.54, 1.807) is 0 Å². The first-order chi connectivity index (χ1) is 11.5. The number of nitrogens with zero attached hydrogens (tertiary/aromatic N) is 2. The Hall–Kier alpha value is -1.66. The predicted molar refractivity (Wildman–Crippen MR) is 99.5 cm³/mol. The molecule has 3 rings (SSSR count). The lowest BCUT2D eigenvalue weighted by molar-refractivity contribution is 0.102. The molecule has 0 saturated heterocycles. The second-order valence-electron chi connectivity index (χ2n) is 4.94. The number of hydrogen-bond donors (Lipinski definition) is 1. The van der Waals surface area contributed by atoms with E-state index in [1.807, 2.05) is 36.6 Å². The number of aromatic nitrogens is 2. The number of anilines is 1. The van der Waals surface area contributed by atoms with E-state index in [0.717, 1.165) is 11.3 Å². The second-order valence-corrected chi connectivity index (χ2v) is 6.96. The van der Waals surface area contributed by atoms with Crippen LogP contribution in [0.2, 0.25) is 15.1 Å². The van der Waals surface area contributed by atoms with Gasteiger partial charge >= 0.3 is 0 Å². The lowest BCUT2D eigenvalue weighted by Gasteiger charge is -2.05. The smallest absolute Gasteiger partial charge is 0.277 e. The van der Waals surface area contributed by atoms with Gasteiger partial charge in [0.25, 0.3) is 5.91 Å². The molecule has 0 bridgehead atoms. The Morgan fingerprint density at radius 2 is 1.83 bits per heavy atom. The summed E-state index contributed by atoms with van der Waals surface area (Å²) in [6.07, 6.45) is 1.28. The van der Waals surface area contributed by atoms with E-state index in [9.17, 15) is 4.79 Å². The number of amides is 1. The molecular weight excluding hydrogens is 389 g/mol. The van der Waals surface area contributed by atoms with Gasteiger partial charge in [0, 0.05) is 17.1 Å². The molecule has 122 valence electrons. The van der Waals surface area contributed by atoms with Gasteiger partial charge < -0.3 is 0 Å². The SMILES string of the molecule is Cc1ccc(-c2csc(NC(=O)c3ncc(Cl)c(Cl)c3Cl)n2)cc1. The van der Waals surface area contributed by atoms with Crippen molar-refractivity contribution in [3.8, 4) is 11.3 Å². The fourth-order valence-electron chi connectivity index (χ4n) is 1.95. The summed E-state index contributed by atoms with van der Waals surface area (Å²) >= 11 is 19.1. The van der Waals surface area contributed by atoms with Gasteiger partial charge in [0.1, 0.15) is 5.69 Å². The normalized spacial score (nSPS) is 10.7. The Morgan fingerprint density at radius 3 is 2.54 bits per heavy atom. The lowest BCUT2D eigenvalue weighted by atomic mass is 10.1. The third kappa shape index (κ3) is 3.54. The number of aryl methyl sites for hydroxylation is 1. The average Bonchev–Trinajstić information content (AvgIpc) is 3.01. The minimum atomic E-state index is -0.497. The third-order valence-corrected chi connectivity index (χ3v) is 5.20. The number of hydrogen-bond acceptors (Lipinski definition) is 4. The number of halogens is 3. The van der Waals surface area contributed by atoms with Gasteiger partial charge in [-0.1, -0.05) is 64.6 Å². The summed E-state index contributed by atoms with van der Waals surface area (Å²) in [5.41, 5.74) is 2.92. The molecule has 0 fully saturated rings. The van der Waals surface area contributed by atoms with Gasteiger partial charge in [0.05, 0.1) is 20.8 Å². The maximum atomic E-state index is 12.3. The molecule has 0 radical (unpaired) electrons. The number of carbonyl (C=O) groups is 1.